The molecule has 0 atom stereocenters. The lowest BCUT2D eigenvalue weighted by Gasteiger charge is -1.93. The average molecular weight is 185 g/mol. The molecule has 1 saturated carbocycles. The number of hydrogen-bond donors (Lipinski definition) is 1. The van der Waals surface area contributed by atoms with Gasteiger partial charge in [0.25, 0.3) is 0 Å². The van der Waals surface area contributed by atoms with Crippen molar-refractivity contribution in [3.05, 3.63) is 24.5 Å². The molecule has 0 bridgehead atoms. The minimum Gasteiger partial charge on any atom is -1.00 e. The van der Waals surface area contributed by atoms with Gasteiger partial charge < -0.3 is 18.1 Å². The third-order valence-corrected chi connectivity index (χ3v) is 2.08. The summed E-state index contributed by atoms with van der Waals surface area (Å²) in [6.07, 6.45) is 6.90. The Morgan fingerprint density at radius 1 is 1.33 bits per heavy atom. The summed E-state index contributed by atoms with van der Waals surface area (Å²) < 4.78 is 2.20. The molecule has 0 aromatic carbocycles. The molecule has 12 heavy (non-hydrogen) atoms. The summed E-state index contributed by atoms with van der Waals surface area (Å²) in [5.74, 6) is 0.934. The Balaban J connectivity index is 0.000000720. The molecule has 1 aromatic rings. The van der Waals surface area contributed by atoms with Gasteiger partial charge in [-0.1, -0.05) is 0 Å². The van der Waals surface area contributed by atoms with Crippen molar-refractivity contribution in [2.45, 2.75) is 19.4 Å². The van der Waals surface area contributed by atoms with Crippen LogP contribution in [0.15, 0.2) is 24.5 Å². The fourth-order valence-corrected chi connectivity index (χ4v) is 1.19. The molecule has 3 heteroatoms. The molecule has 1 aromatic heterocycles. The topological polar surface area (TPSA) is 29.9 Å². The number of anilines is 1. The standard InChI is InChI=1S/C9H12N2.ClH/c10-9-3-5-11(6-4-9)7-8-1-2-8;/h3-6,8,10H,1-2,7H2;1H. The Bertz CT molecular complexity index is 241. The first-order valence-electron chi connectivity index (χ1n) is 4.09. The third-order valence-electron chi connectivity index (χ3n) is 2.08. The number of pyridine rings is 1. The predicted molar refractivity (Wildman–Crippen MR) is 43.8 cm³/mol. The van der Waals surface area contributed by atoms with E-state index >= 15 is 0 Å². The molecule has 2 N–H and O–H groups in total. The van der Waals surface area contributed by atoms with E-state index in [-0.39, 0.29) is 12.4 Å². The summed E-state index contributed by atoms with van der Waals surface area (Å²) in [5.41, 5.74) is 6.40. The predicted octanol–water partition coefficient (Wildman–Crippen LogP) is -2.03. The second-order valence-electron chi connectivity index (χ2n) is 3.27. The Morgan fingerprint density at radius 2 is 1.92 bits per heavy atom. The quantitative estimate of drug-likeness (QED) is 0.528. The minimum absolute atomic E-state index is 0. The van der Waals surface area contributed by atoms with E-state index in [9.17, 15) is 0 Å². The van der Waals surface area contributed by atoms with Crippen molar-refractivity contribution < 1.29 is 17.0 Å². The maximum atomic E-state index is 5.56. The van der Waals surface area contributed by atoms with Gasteiger partial charge in [0, 0.05) is 23.7 Å². The molecule has 1 aliphatic carbocycles. The fraction of sp³-hybridized carbons (Fsp3) is 0.444. The highest BCUT2D eigenvalue weighted by atomic mass is 35.5. The van der Waals surface area contributed by atoms with Crippen LogP contribution >= 0.6 is 0 Å². The molecule has 0 saturated heterocycles. The lowest BCUT2D eigenvalue weighted by atomic mass is 10.4. The van der Waals surface area contributed by atoms with Crippen LogP contribution < -0.4 is 22.7 Å². The Hall–Kier alpha value is -0.760. The van der Waals surface area contributed by atoms with Gasteiger partial charge in [-0.05, 0) is 12.8 Å². The number of aromatic nitrogens is 1. The van der Waals surface area contributed by atoms with Gasteiger partial charge in [-0.2, -0.15) is 0 Å². The molecule has 0 radical (unpaired) electrons. The lowest BCUT2D eigenvalue weighted by molar-refractivity contribution is -0.699. The number of nitrogens with zero attached hydrogens (tertiary/aromatic N) is 1. The molecule has 66 valence electrons. The van der Waals surface area contributed by atoms with Crippen LogP contribution in [0.2, 0.25) is 0 Å². The van der Waals surface area contributed by atoms with Crippen LogP contribution in [0, 0.1) is 5.92 Å². The Morgan fingerprint density at radius 3 is 2.42 bits per heavy atom. The molecule has 2 rings (SSSR count). The van der Waals surface area contributed by atoms with Crippen LogP contribution in [0.3, 0.4) is 0 Å². The first-order valence-corrected chi connectivity index (χ1v) is 4.09. The number of halogens is 1. The van der Waals surface area contributed by atoms with E-state index in [1.54, 1.807) is 0 Å². The smallest absolute Gasteiger partial charge is 0.170 e. The molecule has 0 unspecified atom stereocenters. The molecule has 2 nitrogen and oxygen atoms in total. The Labute approximate surface area is 78.8 Å². The number of nitrogens with two attached hydrogens (primary N) is 1. The van der Waals surface area contributed by atoms with Gasteiger partial charge in [0.15, 0.2) is 18.9 Å². The zero-order valence-electron chi connectivity index (χ0n) is 6.91. The van der Waals surface area contributed by atoms with Gasteiger partial charge >= 0.3 is 0 Å². The summed E-state index contributed by atoms with van der Waals surface area (Å²) in [4.78, 5) is 0. The summed E-state index contributed by atoms with van der Waals surface area (Å²) in [6, 6.07) is 3.89. The average Bonchev–Trinajstić information content (AvgIpc) is 2.78. The van der Waals surface area contributed by atoms with Crippen molar-refractivity contribution in [1.29, 1.82) is 0 Å². The van der Waals surface area contributed by atoms with Crippen molar-refractivity contribution >= 4 is 5.69 Å². The highest BCUT2D eigenvalue weighted by Gasteiger charge is 2.25. The number of nitrogen functional groups attached to an aromatic ring is 1. The van der Waals surface area contributed by atoms with Gasteiger partial charge in [0.05, 0.1) is 0 Å². The van der Waals surface area contributed by atoms with E-state index in [0.717, 1.165) is 11.6 Å². The van der Waals surface area contributed by atoms with E-state index in [1.807, 2.05) is 24.5 Å². The lowest BCUT2D eigenvalue weighted by Crippen LogP contribution is -3.00. The zero-order valence-corrected chi connectivity index (χ0v) is 7.67. The monoisotopic (exact) mass is 184 g/mol. The van der Waals surface area contributed by atoms with Crippen molar-refractivity contribution in [2.75, 3.05) is 5.73 Å². The van der Waals surface area contributed by atoms with E-state index in [4.69, 9.17) is 5.73 Å². The molecular weight excluding hydrogens is 172 g/mol. The fourth-order valence-electron chi connectivity index (χ4n) is 1.19. The normalized spacial score (nSPS) is 15.3. The van der Waals surface area contributed by atoms with Gasteiger partial charge in [-0.25, -0.2) is 4.57 Å². The van der Waals surface area contributed by atoms with Crippen molar-refractivity contribution in [3.8, 4) is 0 Å². The molecule has 1 fully saturated rings. The third kappa shape index (κ3) is 2.38. The van der Waals surface area contributed by atoms with E-state index in [2.05, 4.69) is 4.57 Å². The van der Waals surface area contributed by atoms with Crippen molar-refractivity contribution in [2.24, 2.45) is 5.92 Å². The van der Waals surface area contributed by atoms with E-state index in [1.165, 1.54) is 19.4 Å². The SMILES string of the molecule is Nc1cc[n+](CC2CC2)cc1.[Cl-]. The molecule has 1 heterocycles. The van der Waals surface area contributed by atoms with E-state index < -0.39 is 0 Å². The summed E-state index contributed by atoms with van der Waals surface area (Å²) >= 11 is 0. The maximum Gasteiger partial charge on any atom is 0.170 e. The van der Waals surface area contributed by atoms with Crippen LogP contribution in [-0.2, 0) is 6.54 Å². The largest absolute Gasteiger partial charge is 1.00 e. The highest BCUT2D eigenvalue weighted by Crippen LogP contribution is 2.28. The molecular formula is C9H13ClN2. The van der Waals surface area contributed by atoms with Crippen LogP contribution in [-0.4, -0.2) is 0 Å². The first kappa shape index (κ1) is 9.33. The summed E-state index contributed by atoms with van der Waals surface area (Å²) in [7, 11) is 0. The van der Waals surface area contributed by atoms with Crippen LogP contribution in [0.25, 0.3) is 0 Å². The number of hydrogen-bond acceptors (Lipinski definition) is 1. The molecule has 1 aliphatic rings. The van der Waals surface area contributed by atoms with Gasteiger partial charge in [-0.3, -0.25) is 0 Å². The van der Waals surface area contributed by atoms with Crippen LogP contribution in [0.4, 0.5) is 5.69 Å². The van der Waals surface area contributed by atoms with Crippen LogP contribution in [0.5, 0.6) is 0 Å². The second-order valence-corrected chi connectivity index (χ2v) is 3.27. The van der Waals surface area contributed by atoms with Gasteiger partial charge in [0.2, 0.25) is 0 Å². The first-order chi connectivity index (χ1) is 5.34. The van der Waals surface area contributed by atoms with E-state index in [0.29, 0.717) is 0 Å². The zero-order chi connectivity index (χ0) is 7.68. The summed E-state index contributed by atoms with van der Waals surface area (Å²) in [5, 5.41) is 0. The minimum atomic E-state index is 0. The second kappa shape index (κ2) is 3.76. The van der Waals surface area contributed by atoms with Gasteiger partial charge in [-0.15, -0.1) is 0 Å². The summed E-state index contributed by atoms with van der Waals surface area (Å²) in [6.45, 7) is 1.17. The van der Waals surface area contributed by atoms with Crippen LogP contribution in [0.1, 0.15) is 12.8 Å². The highest BCUT2D eigenvalue weighted by molar-refractivity contribution is 5.32. The van der Waals surface area contributed by atoms with Crippen molar-refractivity contribution in [1.82, 2.24) is 0 Å². The van der Waals surface area contributed by atoms with Crippen molar-refractivity contribution in [3.63, 3.8) is 0 Å². The van der Waals surface area contributed by atoms with Gasteiger partial charge in [0.1, 0.15) is 0 Å². The number of rotatable bonds is 2. The molecule has 0 aliphatic heterocycles. The maximum absolute atomic E-state index is 5.56. The molecule has 0 amide bonds. The molecule has 0 spiro atoms. The Kier molecular flexibility index (Phi) is 2.93.